The van der Waals surface area contributed by atoms with Crippen LogP contribution >= 0.6 is 0 Å². The average Bonchev–Trinajstić information content (AvgIpc) is 3.24. The zero-order chi connectivity index (χ0) is 20.5. The standard InChI is InChI=1S/C21H27N7O/c1-13(2)28-15(5)25-20-18(28)10-16(11-23-20)17-6-8-27-19(17)12-24-21(26-27)22-7-9-29-14(3)4/h6,8,10-14H,7,9H2,1-5H3,(H,22,26). The van der Waals surface area contributed by atoms with E-state index in [4.69, 9.17) is 4.74 Å². The Hall–Kier alpha value is -3.00. The first kappa shape index (κ1) is 19.3. The van der Waals surface area contributed by atoms with E-state index in [2.05, 4.69) is 49.8 Å². The van der Waals surface area contributed by atoms with E-state index < -0.39 is 0 Å². The molecule has 0 atom stereocenters. The molecule has 4 heterocycles. The fourth-order valence-corrected chi connectivity index (χ4v) is 3.57. The molecule has 0 radical (unpaired) electrons. The molecule has 0 bridgehead atoms. The molecule has 4 aromatic heterocycles. The largest absolute Gasteiger partial charge is 0.377 e. The third-order valence-electron chi connectivity index (χ3n) is 4.80. The minimum atomic E-state index is 0.217. The number of nitrogens with one attached hydrogen (secondary N) is 1. The molecule has 0 fully saturated rings. The highest BCUT2D eigenvalue weighted by Gasteiger charge is 2.14. The molecule has 8 nitrogen and oxygen atoms in total. The first-order valence-corrected chi connectivity index (χ1v) is 9.99. The maximum atomic E-state index is 5.54. The van der Waals surface area contributed by atoms with Crippen molar-refractivity contribution in [1.29, 1.82) is 0 Å². The average molecular weight is 393 g/mol. The summed E-state index contributed by atoms with van der Waals surface area (Å²) in [5.41, 5.74) is 4.82. The van der Waals surface area contributed by atoms with Crippen LogP contribution in [0, 0.1) is 6.92 Å². The SMILES string of the molecule is Cc1nc2ncc(-c3ccn4nc(NCCOC(C)C)ncc34)cc2n1C(C)C. The third-order valence-corrected chi connectivity index (χ3v) is 4.80. The highest BCUT2D eigenvalue weighted by Crippen LogP contribution is 2.28. The van der Waals surface area contributed by atoms with Crippen LogP contribution in [0.4, 0.5) is 5.95 Å². The van der Waals surface area contributed by atoms with E-state index in [9.17, 15) is 0 Å². The summed E-state index contributed by atoms with van der Waals surface area (Å²) in [5, 5.41) is 7.75. The van der Waals surface area contributed by atoms with Gasteiger partial charge in [-0.1, -0.05) is 0 Å². The van der Waals surface area contributed by atoms with Gasteiger partial charge in [0, 0.05) is 36.1 Å². The fraction of sp³-hybridized carbons (Fsp3) is 0.429. The number of fused-ring (bicyclic) bond motifs is 2. The summed E-state index contributed by atoms with van der Waals surface area (Å²) in [7, 11) is 0. The second-order valence-electron chi connectivity index (χ2n) is 7.68. The summed E-state index contributed by atoms with van der Waals surface area (Å²) in [6.07, 6.45) is 5.86. The first-order chi connectivity index (χ1) is 13.9. The van der Waals surface area contributed by atoms with Gasteiger partial charge >= 0.3 is 0 Å². The number of pyridine rings is 1. The zero-order valence-electron chi connectivity index (χ0n) is 17.5. The minimum Gasteiger partial charge on any atom is -0.377 e. The number of hydrogen-bond donors (Lipinski definition) is 1. The minimum absolute atomic E-state index is 0.217. The molecular formula is C21H27N7O. The van der Waals surface area contributed by atoms with Crippen molar-refractivity contribution in [2.75, 3.05) is 18.5 Å². The Bertz CT molecular complexity index is 1140. The quantitative estimate of drug-likeness (QED) is 0.480. The molecule has 4 rings (SSSR count). The highest BCUT2D eigenvalue weighted by molar-refractivity contribution is 5.85. The monoisotopic (exact) mass is 393 g/mol. The van der Waals surface area contributed by atoms with Crippen LogP contribution < -0.4 is 5.32 Å². The number of aromatic nitrogens is 6. The molecule has 8 heteroatoms. The Morgan fingerprint density at radius 3 is 2.69 bits per heavy atom. The van der Waals surface area contributed by atoms with E-state index in [1.165, 1.54) is 0 Å². The number of aryl methyl sites for hydroxylation is 1. The van der Waals surface area contributed by atoms with Gasteiger partial charge < -0.3 is 14.6 Å². The van der Waals surface area contributed by atoms with Crippen LogP contribution in [0.1, 0.15) is 39.6 Å². The summed E-state index contributed by atoms with van der Waals surface area (Å²) in [6.45, 7) is 11.6. The smallest absolute Gasteiger partial charge is 0.241 e. The van der Waals surface area contributed by atoms with Crippen molar-refractivity contribution < 1.29 is 4.74 Å². The molecule has 29 heavy (non-hydrogen) atoms. The van der Waals surface area contributed by atoms with E-state index >= 15 is 0 Å². The Labute approximate surface area is 170 Å². The zero-order valence-corrected chi connectivity index (χ0v) is 17.5. The predicted molar refractivity (Wildman–Crippen MR) is 114 cm³/mol. The molecule has 0 spiro atoms. The molecule has 4 aromatic rings. The molecule has 0 aliphatic carbocycles. The van der Waals surface area contributed by atoms with Gasteiger partial charge in [0.15, 0.2) is 5.65 Å². The predicted octanol–water partition coefficient (Wildman–Crippen LogP) is 3.87. The summed E-state index contributed by atoms with van der Waals surface area (Å²) < 4.78 is 9.58. The van der Waals surface area contributed by atoms with E-state index in [1.54, 1.807) is 0 Å². The Kier molecular flexibility index (Phi) is 5.19. The van der Waals surface area contributed by atoms with Gasteiger partial charge in [-0.05, 0) is 46.8 Å². The molecule has 0 aliphatic rings. The molecule has 152 valence electrons. The van der Waals surface area contributed by atoms with Crippen molar-refractivity contribution in [3.8, 4) is 11.1 Å². The van der Waals surface area contributed by atoms with Crippen molar-refractivity contribution in [2.24, 2.45) is 0 Å². The molecule has 0 unspecified atom stereocenters. The maximum absolute atomic E-state index is 5.54. The lowest BCUT2D eigenvalue weighted by atomic mass is 10.1. The summed E-state index contributed by atoms with van der Waals surface area (Å²) in [5.74, 6) is 1.55. The number of imidazole rings is 1. The van der Waals surface area contributed by atoms with E-state index in [0.717, 1.165) is 33.6 Å². The Morgan fingerprint density at radius 2 is 1.93 bits per heavy atom. The number of rotatable bonds is 7. The lowest BCUT2D eigenvalue weighted by Crippen LogP contribution is -2.15. The van der Waals surface area contributed by atoms with Crippen LogP contribution in [0.3, 0.4) is 0 Å². The Morgan fingerprint density at radius 1 is 1.10 bits per heavy atom. The van der Waals surface area contributed by atoms with Gasteiger partial charge in [0.1, 0.15) is 5.82 Å². The second kappa shape index (κ2) is 7.79. The van der Waals surface area contributed by atoms with Gasteiger partial charge in [0.2, 0.25) is 5.95 Å². The van der Waals surface area contributed by atoms with Crippen LogP contribution in [0.2, 0.25) is 0 Å². The van der Waals surface area contributed by atoms with Crippen molar-refractivity contribution in [3.05, 3.63) is 36.5 Å². The normalized spacial score (nSPS) is 12.0. The van der Waals surface area contributed by atoms with Gasteiger partial charge in [0.05, 0.1) is 29.9 Å². The van der Waals surface area contributed by atoms with Crippen LogP contribution in [0.25, 0.3) is 27.8 Å². The van der Waals surface area contributed by atoms with Crippen molar-refractivity contribution in [2.45, 2.75) is 46.8 Å². The molecule has 0 saturated carbocycles. The van der Waals surface area contributed by atoms with Crippen LogP contribution in [-0.4, -0.2) is 48.4 Å². The van der Waals surface area contributed by atoms with Crippen LogP contribution in [0.5, 0.6) is 0 Å². The molecule has 0 amide bonds. The lowest BCUT2D eigenvalue weighted by Gasteiger charge is -2.11. The number of ether oxygens (including phenoxy) is 1. The second-order valence-corrected chi connectivity index (χ2v) is 7.68. The molecular weight excluding hydrogens is 366 g/mol. The fourth-order valence-electron chi connectivity index (χ4n) is 3.57. The van der Waals surface area contributed by atoms with Gasteiger partial charge in [-0.15, -0.1) is 5.10 Å². The van der Waals surface area contributed by atoms with Crippen LogP contribution in [-0.2, 0) is 4.74 Å². The number of anilines is 1. The lowest BCUT2D eigenvalue weighted by molar-refractivity contribution is 0.0869. The summed E-state index contributed by atoms with van der Waals surface area (Å²) >= 11 is 0. The number of hydrogen-bond acceptors (Lipinski definition) is 6. The van der Waals surface area contributed by atoms with Crippen LogP contribution in [0.15, 0.2) is 30.7 Å². The molecule has 1 N–H and O–H groups in total. The van der Waals surface area contributed by atoms with E-state index in [1.807, 2.05) is 49.9 Å². The van der Waals surface area contributed by atoms with Gasteiger partial charge in [0.25, 0.3) is 0 Å². The first-order valence-electron chi connectivity index (χ1n) is 9.99. The van der Waals surface area contributed by atoms with E-state index in [-0.39, 0.29) is 6.10 Å². The molecule has 0 saturated heterocycles. The van der Waals surface area contributed by atoms with E-state index in [0.29, 0.717) is 25.1 Å². The number of nitrogens with zero attached hydrogens (tertiary/aromatic N) is 6. The highest BCUT2D eigenvalue weighted by atomic mass is 16.5. The Balaban J connectivity index is 1.63. The van der Waals surface area contributed by atoms with Gasteiger partial charge in [-0.25, -0.2) is 19.5 Å². The van der Waals surface area contributed by atoms with Crippen molar-refractivity contribution >= 4 is 22.6 Å². The van der Waals surface area contributed by atoms with Gasteiger partial charge in [-0.2, -0.15) is 0 Å². The molecule has 0 aromatic carbocycles. The topological polar surface area (TPSA) is 82.2 Å². The van der Waals surface area contributed by atoms with Crippen molar-refractivity contribution in [3.63, 3.8) is 0 Å². The van der Waals surface area contributed by atoms with Gasteiger partial charge in [-0.3, -0.25) is 0 Å². The molecule has 0 aliphatic heterocycles. The summed E-state index contributed by atoms with van der Waals surface area (Å²) in [6, 6.07) is 4.51. The van der Waals surface area contributed by atoms with Crippen molar-refractivity contribution in [1.82, 2.24) is 29.1 Å². The summed E-state index contributed by atoms with van der Waals surface area (Å²) in [4.78, 5) is 13.6. The maximum Gasteiger partial charge on any atom is 0.241 e. The third kappa shape index (κ3) is 3.80.